The SMILES string of the molecule is C=C(CC)CC(=O)C1CCOC1C. The Hall–Kier alpha value is -0.630. The molecule has 0 aromatic heterocycles. The second-order valence-corrected chi connectivity index (χ2v) is 3.72. The molecule has 1 rings (SSSR count). The molecule has 1 aliphatic rings. The van der Waals surface area contributed by atoms with Gasteiger partial charge in [0.1, 0.15) is 5.78 Å². The van der Waals surface area contributed by atoms with Crippen LogP contribution in [0.15, 0.2) is 12.2 Å². The number of carbonyl (C=O) groups excluding carboxylic acids is 1. The molecule has 13 heavy (non-hydrogen) atoms. The summed E-state index contributed by atoms with van der Waals surface area (Å²) in [6, 6.07) is 0. The molecule has 1 aliphatic heterocycles. The van der Waals surface area contributed by atoms with E-state index in [0.29, 0.717) is 12.2 Å². The minimum absolute atomic E-state index is 0.108. The van der Waals surface area contributed by atoms with Crippen LogP contribution in [0.4, 0.5) is 0 Å². The summed E-state index contributed by atoms with van der Waals surface area (Å²) in [6.07, 6.45) is 2.43. The van der Waals surface area contributed by atoms with Gasteiger partial charge in [0.25, 0.3) is 0 Å². The van der Waals surface area contributed by atoms with Crippen molar-refractivity contribution in [1.29, 1.82) is 0 Å². The molecule has 0 aromatic rings. The lowest BCUT2D eigenvalue weighted by Crippen LogP contribution is -2.21. The Labute approximate surface area is 80.0 Å². The quantitative estimate of drug-likeness (QED) is 0.624. The van der Waals surface area contributed by atoms with Crippen molar-refractivity contribution in [3.8, 4) is 0 Å². The number of ether oxygens (including phenoxy) is 1. The predicted molar refractivity (Wildman–Crippen MR) is 52.6 cm³/mol. The van der Waals surface area contributed by atoms with Crippen molar-refractivity contribution in [3.63, 3.8) is 0 Å². The van der Waals surface area contributed by atoms with Crippen LogP contribution in [0.5, 0.6) is 0 Å². The zero-order chi connectivity index (χ0) is 9.84. The van der Waals surface area contributed by atoms with Crippen molar-refractivity contribution in [2.24, 2.45) is 5.92 Å². The standard InChI is InChI=1S/C11H18O2/c1-4-8(2)7-11(12)10-5-6-13-9(10)3/h9-10H,2,4-7H2,1,3H3. The largest absolute Gasteiger partial charge is 0.378 e. The van der Waals surface area contributed by atoms with Crippen molar-refractivity contribution in [2.75, 3.05) is 6.61 Å². The van der Waals surface area contributed by atoms with E-state index >= 15 is 0 Å². The first kappa shape index (κ1) is 10.5. The highest BCUT2D eigenvalue weighted by Gasteiger charge is 2.30. The number of allylic oxidation sites excluding steroid dienone is 1. The molecule has 74 valence electrons. The minimum atomic E-state index is 0.108. The van der Waals surface area contributed by atoms with Gasteiger partial charge in [-0.2, -0.15) is 0 Å². The van der Waals surface area contributed by atoms with E-state index < -0.39 is 0 Å². The average Bonchev–Trinajstić information content (AvgIpc) is 2.51. The highest BCUT2D eigenvalue weighted by atomic mass is 16.5. The van der Waals surface area contributed by atoms with Gasteiger partial charge in [-0.05, 0) is 19.8 Å². The van der Waals surface area contributed by atoms with Gasteiger partial charge in [0, 0.05) is 18.9 Å². The minimum Gasteiger partial charge on any atom is -0.378 e. The van der Waals surface area contributed by atoms with Gasteiger partial charge in [0.2, 0.25) is 0 Å². The van der Waals surface area contributed by atoms with Gasteiger partial charge in [0.15, 0.2) is 0 Å². The van der Waals surface area contributed by atoms with Crippen LogP contribution in [0.1, 0.15) is 33.1 Å². The third kappa shape index (κ3) is 2.66. The number of hydrogen-bond donors (Lipinski definition) is 0. The summed E-state index contributed by atoms with van der Waals surface area (Å²) in [5, 5.41) is 0. The third-order valence-corrected chi connectivity index (χ3v) is 2.71. The van der Waals surface area contributed by atoms with Crippen LogP contribution in [0.2, 0.25) is 0 Å². The van der Waals surface area contributed by atoms with Gasteiger partial charge in [-0.25, -0.2) is 0 Å². The smallest absolute Gasteiger partial charge is 0.142 e. The Morgan fingerprint density at radius 2 is 2.31 bits per heavy atom. The predicted octanol–water partition coefficient (Wildman–Crippen LogP) is 2.34. The van der Waals surface area contributed by atoms with Crippen LogP contribution in [-0.2, 0) is 9.53 Å². The molecule has 2 unspecified atom stereocenters. The molecule has 0 radical (unpaired) electrons. The fourth-order valence-electron chi connectivity index (χ4n) is 1.66. The summed E-state index contributed by atoms with van der Waals surface area (Å²) in [6.45, 7) is 8.59. The van der Waals surface area contributed by atoms with E-state index in [-0.39, 0.29) is 12.0 Å². The molecule has 2 nitrogen and oxygen atoms in total. The van der Waals surface area contributed by atoms with E-state index in [1.165, 1.54) is 0 Å². The molecule has 0 N–H and O–H groups in total. The highest BCUT2D eigenvalue weighted by molar-refractivity contribution is 5.83. The summed E-state index contributed by atoms with van der Waals surface area (Å²) in [7, 11) is 0. The number of carbonyl (C=O) groups is 1. The number of ketones is 1. The van der Waals surface area contributed by atoms with Crippen LogP contribution in [0.25, 0.3) is 0 Å². The molecule has 0 aromatic carbocycles. The topological polar surface area (TPSA) is 26.3 Å². The van der Waals surface area contributed by atoms with Crippen molar-refractivity contribution in [2.45, 2.75) is 39.2 Å². The maximum atomic E-state index is 11.7. The molecule has 1 fully saturated rings. The number of rotatable bonds is 4. The molecule has 1 saturated heterocycles. The van der Waals surface area contributed by atoms with E-state index in [4.69, 9.17) is 4.74 Å². The van der Waals surface area contributed by atoms with Crippen molar-refractivity contribution < 1.29 is 9.53 Å². The van der Waals surface area contributed by atoms with E-state index in [2.05, 4.69) is 6.58 Å². The van der Waals surface area contributed by atoms with E-state index in [0.717, 1.165) is 25.0 Å². The Bertz CT molecular complexity index is 208. The van der Waals surface area contributed by atoms with Gasteiger partial charge in [-0.15, -0.1) is 0 Å². The van der Waals surface area contributed by atoms with Crippen LogP contribution in [0.3, 0.4) is 0 Å². The lowest BCUT2D eigenvalue weighted by Gasteiger charge is -2.12. The van der Waals surface area contributed by atoms with Crippen molar-refractivity contribution in [3.05, 3.63) is 12.2 Å². The fourth-order valence-corrected chi connectivity index (χ4v) is 1.66. The number of hydrogen-bond acceptors (Lipinski definition) is 2. The van der Waals surface area contributed by atoms with E-state index in [9.17, 15) is 4.79 Å². The highest BCUT2D eigenvalue weighted by Crippen LogP contribution is 2.23. The summed E-state index contributed by atoms with van der Waals surface area (Å²) in [5.74, 6) is 0.417. The lowest BCUT2D eigenvalue weighted by atomic mass is 9.93. The van der Waals surface area contributed by atoms with Crippen molar-refractivity contribution in [1.82, 2.24) is 0 Å². The summed E-state index contributed by atoms with van der Waals surface area (Å²) in [5.41, 5.74) is 1.03. The van der Waals surface area contributed by atoms with E-state index in [1.807, 2.05) is 13.8 Å². The Morgan fingerprint density at radius 3 is 2.77 bits per heavy atom. The van der Waals surface area contributed by atoms with Crippen LogP contribution >= 0.6 is 0 Å². The molecule has 2 atom stereocenters. The summed E-state index contributed by atoms with van der Waals surface area (Å²) in [4.78, 5) is 11.7. The van der Waals surface area contributed by atoms with Crippen LogP contribution in [-0.4, -0.2) is 18.5 Å². The van der Waals surface area contributed by atoms with Gasteiger partial charge in [-0.3, -0.25) is 4.79 Å². The molecule has 1 heterocycles. The summed E-state index contributed by atoms with van der Waals surface area (Å²) < 4.78 is 5.35. The second kappa shape index (κ2) is 4.56. The zero-order valence-corrected chi connectivity index (χ0v) is 8.51. The molecule has 0 aliphatic carbocycles. The fraction of sp³-hybridized carbons (Fsp3) is 0.727. The van der Waals surface area contributed by atoms with Crippen molar-refractivity contribution >= 4 is 5.78 Å². The van der Waals surface area contributed by atoms with Crippen LogP contribution in [0, 0.1) is 5.92 Å². The summed E-state index contributed by atoms with van der Waals surface area (Å²) >= 11 is 0. The van der Waals surface area contributed by atoms with Gasteiger partial charge < -0.3 is 4.74 Å². The maximum absolute atomic E-state index is 11.7. The lowest BCUT2D eigenvalue weighted by molar-refractivity contribution is -0.123. The molecule has 0 saturated carbocycles. The first-order chi connectivity index (χ1) is 6.15. The third-order valence-electron chi connectivity index (χ3n) is 2.71. The molecule has 0 spiro atoms. The molecule has 0 bridgehead atoms. The molecule has 0 amide bonds. The Kier molecular flexibility index (Phi) is 3.67. The molecular formula is C11H18O2. The second-order valence-electron chi connectivity index (χ2n) is 3.72. The van der Waals surface area contributed by atoms with Crippen LogP contribution < -0.4 is 0 Å². The van der Waals surface area contributed by atoms with Gasteiger partial charge >= 0.3 is 0 Å². The maximum Gasteiger partial charge on any atom is 0.142 e. The Balaban J connectivity index is 2.43. The first-order valence-corrected chi connectivity index (χ1v) is 4.96. The van der Waals surface area contributed by atoms with E-state index in [1.54, 1.807) is 0 Å². The first-order valence-electron chi connectivity index (χ1n) is 4.96. The number of Topliss-reactive ketones (excluding diaryl/α,β-unsaturated/α-hetero) is 1. The monoisotopic (exact) mass is 182 g/mol. The Morgan fingerprint density at radius 1 is 1.62 bits per heavy atom. The van der Waals surface area contributed by atoms with Gasteiger partial charge in [-0.1, -0.05) is 19.1 Å². The van der Waals surface area contributed by atoms with Gasteiger partial charge in [0.05, 0.1) is 6.10 Å². The average molecular weight is 182 g/mol. The zero-order valence-electron chi connectivity index (χ0n) is 8.51. The molecule has 2 heteroatoms. The molecular weight excluding hydrogens is 164 g/mol. The normalized spacial score (nSPS) is 27.5.